The minimum absolute atomic E-state index is 0.157. The maximum Gasteiger partial charge on any atom is 0.269 e. The second-order valence-corrected chi connectivity index (χ2v) is 13.7. The molecule has 10 nitrogen and oxygen atoms in total. The van der Waals surface area contributed by atoms with Crippen molar-refractivity contribution < 1.29 is 4.92 Å². The van der Waals surface area contributed by atoms with Gasteiger partial charge in [-0.1, -0.05) is 29.8 Å². The summed E-state index contributed by atoms with van der Waals surface area (Å²) >= 11 is 6.54. The summed E-state index contributed by atoms with van der Waals surface area (Å²) < 4.78 is 0. The van der Waals surface area contributed by atoms with Gasteiger partial charge in [0.05, 0.1) is 21.8 Å². The summed E-state index contributed by atoms with van der Waals surface area (Å²) in [4.78, 5) is 30.9. The smallest absolute Gasteiger partial charge is 0.269 e. The average molecular weight is 643 g/mol. The van der Waals surface area contributed by atoms with Crippen molar-refractivity contribution in [3.05, 3.63) is 76.1 Å². The number of rotatable bonds is 10. The average Bonchev–Trinajstić information content (AvgIpc) is 3.73. The van der Waals surface area contributed by atoms with Crippen LogP contribution in [0.5, 0.6) is 0 Å². The highest BCUT2D eigenvalue weighted by Gasteiger charge is 2.27. The minimum atomic E-state index is -0.333. The standard InChI is InChI=1S/C35H43ClN8O2/c36-32-22-38-35(40-34(32)31-21-37-33-4-2-1-3-30(31)33)39-27-14-18-42(24-27)17-11-25-9-15-41(16-10-25)23-26-12-19-43(20-13-26)28-5-7-29(8-6-28)44(45)46/h1-8,21-22,25-27,37H,9-20,23-24H2,(H,38,39,40)/t27-/m1/s1. The molecule has 7 rings (SSSR count). The number of hydrogen-bond acceptors (Lipinski definition) is 8. The molecule has 2 aromatic heterocycles. The number of H-pyrrole nitrogens is 1. The number of halogens is 1. The Bertz CT molecular complexity index is 1630. The lowest BCUT2D eigenvalue weighted by Crippen LogP contribution is -2.42. The molecular weight excluding hydrogens is 600 g/mol. The topological polar surface area (TPSA) is 106 Å². The number of likely N-dealkylation sites (tertiary alicyclic amines) is 2. The van der Waals surface area contributed by atoms with Gasteiger partial charge < -0.3 is 25.0 Å². The number of aromatic amines is 1. The molecule has 0 amide bonds. The maximum atomic E-state index is 11.0. The molecular formula is C35H43ClN8O2. The highest BCUT2D eigenvalue weighted by Crippen LogP contribution is 2.33. The van der Waals surface area contributed by atoms with E-state index >= 15 is 0 Å². The zero-order valence-corrected chi connectivity index (χ0v) is 27.0. The van der Waals surface area contributed by atoms with Crippen LogP contribution in [0.25, 0.3) is 22.2 Å². The molecule has 2 N–H and O–H groups in total. The van der Waals surface area contributed by atoms with Crippen molar-refractivity contribution in [3.8, 4) is 11.3 Å². The molecule has 11 heteroatoms. The number of benzene rings is 2. The van der Waals surface area contributed by atoms with E-state index in [1.807, 2.05) is 30.5 Å². The zero-order chi connectivity index (χ0) is 31.5. The van der Waals surface area contributed by atoms with Gasteiger partial charge in [0.2, 0.25) is 5.95 Å². The summed E-state index contributed by atoms with van der Waals surface area (Å²) in [5.41, 5.74) is 4.07. The van der Waals surface area contributed by atoms with E-state index < -0.39 is 0 Å². The first kappa shape index (κ1) is 30.9. The molecule has 0 bridgehead atoms. The van der Waals surface area contributed by atoms with Crippen molar-refractivity contribution in [2.45, 2.75) is 44.6 Å². The van der Waals surface area contributed by atoms with Crippen molar-refractivity contribution in [2.75, 3.05) is 62.6 Å². The monoisotopic (exact) mass is 642 g/mol. The number of nitrogens with zero attached hydrogens (tertiary/aromatic N) is 6. The second kappa shape index (κ2) is 13.9. The number of non-ortho nitro benzene ring substituents is 1. The Kier molecular flexibility index (Phi) is 9.37. The van der Waals surface area contributed by atoms with Crippen LogP contribution in [-0.2, 0) is 0 Å². The predicted molar refractivity (Wildman–Crippen MR) is 185 cm³/mol. The van der Waals surface area contributed by atoms with Gasteiger partial charge in [-0.2, -0.15) is 0 Å². The van der Waals surface area contributed by atoms with E-state index in [0.717, 1.165) is 78.8 Å². The maximum absolute atomic E-state index is 11.0. The molecule has 0 radical (unpaired) electrons. The van der Waals surface area contributed by atoms with E-state index in [-0.39, 0.29) is 10.6 Å². The first-order valence-corrected chi connectivity index (χ1v) is 17.2. The summed E-state index contributed by atoms with van der Waals surface area (Å²) in [6, 6.07) is 15.5. The summed E-state index contributed by atoms with van der Waals surface area (Å²) in [5, 5.41) is 16.2. The second-order valence-electron chi connectivity index (χ2n) is 13.3. The van der Waals surface area contributed by atoms with Crippen molar-refractivity contribution in [2.24, 2.45) is 11.8 Å². The molecule has 2 aromatic carbocycles. The van der Waals surface area contributed by atoms with E-state index in [4.69, 9.17) is 16.6 Å². The lowest BCUT2D eigenvalue weighted by molar-refractivity contribution is -0.384. The zero-order valence-electron chi connectivity index (χ0n) is 26.3. The molecule has 5 heterocycles. The van der Waals surface area contributed by atoms with Crippen LogP contribution in [0.2, 0.25) is 5.02 Å². The van der Waals surface area contributed by atoms with Crippen LogP contribution in [0, 0.1) is 22.0 Å². The molecule has 0 unspecified atom stereocenters. The van der Waals surface area contributed by atoms with Crippen molar-refractivity contribution >= 4 is 39.8 Å². The highest BCUT2D eigenvalue weighted by molar-refractivity contribution is 6.33. The van der Waals surface area contributed by atoms with E-state index in [2.05, 4.69) is 42.1 Å². The fourth-order valence-electron chi connectivity index (χ4n) is 7.58. The molecule has 3 aliphatic heterocycles. The SMILES string of the molecule is O=[N+]([O-])c1ccc(N2CCC(CN3CCC(CCN4CC[C@@H](Nc5ncc(Cl)c(-c6c[nH]c7ccccc67)n5)C4)CC3)CC2)cc1. The van der Waals surface area contributed by atoms with E-state index in [1.165, 1.54) is 51.7 Å². The number of hydrogen-bond donors (Lipinski definition) is 2. The molecule has 0 saturated carbocycles. The number of aromatic nitrogens is 3. The highest BCUT2D eigenvalue weighted by atomic mass is 35.5. The Hall–Kier alpha value is -3.73. The van der Waals surface area contributed by atoms with Crippen LogP contribution >= 0.6 is 11.6 Å². The van der Waals surface area contributed by atoms with Gasteiger partial charge in [-0.25, -0.2) is 9.97 Å². The first-order valence-electron chi connectivity index (χ1n) is 16.8. The molecule has 0 aliphatic carbocycles. The van der Waals surface area contributed by atoms with Crippen molar-refractivity contribution in [1.82, 2.24) is 24.8 Å². The van der Waals surface area contributed by atoms with Gasteiger partial charge in [0.25, 0.3) is 5.69 Å². The summed E-state index contributed by atoms with van der Waals surface area (Å²) in [6.45, 7) is 8.97. The van der Waals surface area contributed by atoms with E-state index in [0.29, 0.717) is 17.0 Å². The van der Waals surface area contributed by atoms with Crippen LogP contribution in [0.3, 0.4) is 0 Å². The summed E-state index contributed by atoms with van der Waals surface area (Å²) in [7, 11) is 0. The Morgan fingerprint density at radius 3 is 2.46 bits per heavy atom. The quantitative estimate of drug-likeness (QED) is 0.146. The number of nitro groups is 1. The lowest BCUT2D eigenvalue weighted by Gasteiger charge is -2.38. The third-order valence-electron chi connectivity index (χ3n) is 10.3. The lowest BCUT2D eigenvalue weighted by atomic mass is 9.91. The number of para-hydroxylation sites is 1. The fourth-order valence-corrected chi connectivity index (χ4v) is 7.77. The van der Waals surface area contributed by atoms with Gasteiger partial charge in [-0.05, 0) is 88.2 Å². The van der Waals surface area contributed by atoms with Gasteiger partial charge >= 0.3 is 0 Å². The largest absolute Gasteiger partial charge is 0.372 e. The van der Waals surface area contributed by atoms with Gasteiger partial charge in [0.1, 0.15) is 0 Å². The summed E-state index contributed by atoms with van der Waals surface area (Å²) in [6.07, 6.45) is 11.0. The minimum Gasteiger partial charge on any atom is -0.372 e. The molecule has 46 heavy (non-hydrogen) atoms. The van der Waals surface area contributed by atoms with Crippen LogP contribution < -0.4 is 10.2 Å². The van der Waals surface area contributed by atoms with Gasteiger partial charge in [-0.15, -0.1) is 0 Å². The number of nitrogens with one attached hydrogen (secondary N) is 2. The number of nitro benzene ring substituents is 1. The van der Waals surface area contributed by atoms with Crippen molar-refractivity contribution in [3.63, 3.8) is 0 Å². The van der Waals surface area contributed by atoms with Crippen LogP contribution in [0.1, 0.15) is 38.5 Å². The van der Waals surface area contributed by atoms with Crippen LogP contribution in [-0.4, -0.2) is 88.1 Å². The third kappa shape index (κ3) is 7.14. The van der Waals surface area contributed by atoms with Gasteiger partial charge in [-0.3, -0.25) is 10.1 Å². The first-order chi connectivity index (χ1) is 22.5. The molecule has 242 valence electrons. The van der Waals surface area contributed by atoms with E-state index in [9.17, 15) is 10.1 Å². The normalized spacial score (nSPS) is 20.5. The molecule has 4 aromatic rings. The number of anilines is 2. The number of piperidine rings is 2. The van der Waals surface area contributed by atoms with E-state index in [1.54, 1.807) is 18.3 Å². The van der Waals surface area contributed by atoms with Gasteiger partial charge in [0, 0.05) is 79.2 Å². The van der Waals surface area contributed by atoms with Crippen LogP contribution in [0.15, 0.2) is 60.9 Å². The molecule has 1 atom stereocenters. The molecule has 3 saturated heterocycles. The van der Waals surface area contributed by atoms with Crippen LogP contribution in [0.4, 0.5) is 17.3 Å². The Morgan fingerprint density at radius 1 is 0.935 bits per heavy atom. The Morgan fingerprint density at radius 2 is 1.67 bits per heavy atom. The molecule has 3 aliphatic rings. The summed E-state index contributed by atoms with van der Waals surface area (Å²) in [5.74, 6) is 2.19. The molecule has 0 spiro atoms. The predicted octanol–water partition coefficient (Wildman–Crippen LogP) is 6.69. The van der Waals surface area contributed by atoms with Crippen molar-refractivity contribution in [1.29, 1.82) is 0 Å². The van der Waals surface area contributed by atoms with Gasteiger partial charge in [0.15, 0.2) is 0 Å². The Balaban J connectivity index is 0.817. The number of fused-ring (bicyclic) bond motifs is 1. The third-order valence-corrected chi connectivity index (χ3v) is 10.6. The molecule has 3 fully saturated rings. The fraction of sp³-hybridized carbons (Fsp3) is 0.486. The Labute approximate surface area is 275 Å².